The van der Waals surface area contributed by atoms with E-state index in [4.69, 9.17) is 28.4 Å². The first-order valence-electron chi connectivity index (χ1n) is 36.3. The lowest BCUT2D eigenvalue weighted by Gasteiger charge is -2.48. The second-order valence-corrected chi connectivity index (χ2v) is 25.7. The zero-order valence-corrected chi connectivity index (χ0v) is 57.0. The van der Waals surface area contributed by atoms with Gasteiger partial charge < -0.3 is 89.9 Å². The van der Waals surface area contributed by atoms with E-state index in [9.17, 15) is 61.0 Å². The molecule has 19 nitrogen and oxygen atoms in total. The first kappa shape index (κ1) is 84.2. The van der Waals surface area contributed by atoms with Crippen LogP contribution >= 0.6 is 0 Å². The Kier molecular flexibility index (Phi) is 49.7. The van der Waals surface area contributed by atoms with Crippen molar-refractivity contribution >= 4 is 5.91 Å². The summed E-state index contributed by atoms with van der Waals surface area (Å²) in [6.07, 6.45) is 43.6. The number of ether oxygens (including phenoxy) is 6. The number of hydrogen-bond donors (Lipinski definition) is 12. The van der Waals surface area contributed by atoms with E-state index in [1.165, 1.54) is 109 Å². The Labute approximate surface area is 559 Å². The Bertz CT molecular complexity index is 2010. The molecule has 0 aromatic carbocycles. The van der Waals surface area contributed by atoms with Gasteiger partial charge in [-0.25, -0.2) is 0 Å². The van der Waals surface area contributed by atoms with Gasteiger partial charge in [0.15, 0.2) is 18.9 Å². The minimum absolute atomic E-state index is 0.239. The molecule has 3 rings (SSSR count). The molecule has 93 heavy (non-hydrogen) atoms. The van der Waals surface area contributed by atoms with Crippen molar-refractivity contribution in [2.24, 2.45) is 0 Å². The number of rotatable bonds is 55. The molecule has 3 heterocycles. The van der Waals surface area contributed by atoms with Gasteiger partial charge in [-0.1, -0.05) is 253 Å². The third-order valence-electron chi connectivity index (χ3n) is 17.7. The molecule has 0 aromatic heterocycles. The summed E-state index contributed by atoms with van der Waals surface area (Å²) in [5.74, 6) is -0.263. The lowest BCUT2D eigenvalue weighted by molar-refractivity contribution is -0.379. The van der Waals surface area contributed by atoms with Crippen molar-refractivity contribution < 1.29 is 89.4 Å². The van der Waals surface area contributed by atoms with E-state index in [2.05, 4.69) is 104 Å². The summed E-state index contributed by atoms with van der Waals surface area (Å²) in [4.78, 5) is 13.4. The lowest BCUT2D eigenvalue weighted by Crippen LogP contribution is -2.66. The van der Waals surface area contributed by atoms with Gasteiger partial charge in [-0.05, 0) is 70.6 Å². The highest BCUT2D eigenvalue weighted by Crippen LogP contribution is 2.33. The Morgan fingerprint density at radius 3 is 1.16 bits per heavy atom. The highest BCUT2D eigenvalue weighted by Gasteiger charge is 2.53. The van der Waals surface area contributed by atoms with E-state index >= 15 is 0 Å². The summed E-state index contributed by atoms with van der Waals surface area (Å²) in [5, 5.41) is 121. The molecule has 0 saturated carbocycles. The molecular weight excluding hydrogens is 1190 g/mol. The predicted octanol–water partition coefficient (Wildman–Crippen LogP) is 10.3. The Balaban J connectivity index is 1.43. The molecule has 19 heteroatoms. The summed E-state index contributed by atoms with van der Waals surface area (Å²) in [5.41, 5.74) is 0. The average Bonchev–Trinajstić information content (AvgIpc) is 0.902. The minimum atomic E-state index is -1.98. The molecule has 17 unspecified atom stereocenters. The second-order valence-electron chi connectivity index (χ2n) is 25.7. The lowest BCUT2D eigenvalue weighted by atomic mass is 9.96. The van der Waals surface area contributed by atoms with E-state index in [0.717, 1.165) is 103 Å². The standard InChI is InChI=1S/C74H129NO18/c1-3-5-7-9-11-13-15-17-19-21-23-25-26-27-28-29-30-32-34-36-38-40-42-44-46-48-50-52-62(80)75-57(58(79)51-49-47-45-43-41-39-37-35-33-31-24-22-20-18-16-14-12-10-8-6-4-2)56-88-72-68(86)65(83)70(60(54-77)90-72)93-74-69(87)66(84)71(61(55-78)91-74)92-73-67(85)64(82)63(81)59(53-76)89-73/h5,7,11,13,17,19,23,25,27-28,30,32,36,38,57-61,63-74,76-79,81-87H,3-4,6,8-10,12,14-16,18,20-22,24,26,29,31,33-35,37,39-56H2,1-2H3,(H,75,80)/b7-5-,13-11-,19-17-,25-23-,28-27-,32-30-,38-36-. The Hall–Kier alpha value is -3.03. The normalized spacial score (nSPS) is 28.0. The molecule has 538 valence electrons. The number of carbonyl (C=O) groups is 1. The minimum Gasteiger partial charge on any atom is -0.394 e. The number of amides is 1. The predicted molar refractivity (Wildman–Crippen MR) is 364 cm³/mol. The Morgan fingerprint density at radius 2 is 0.742 bits per heavy atom. The highest BCUT2D eigenvalue weighted by molar-refractivity contribution is 5.76. The smallest absolute Gasteiger partial charge is 0.220 e. The third-order valence-corrected chi connectivity index (χ3v) is 17.7. The summed E-state index contributed by atoms with van der Waals surface area (Å²) >= 11 is 0. The molecule has 12 N–H and O–H groups in total. The second kappa shape index (κ2) is 54.9. The van der Waals surface area contributed by atoms with Crippen LogP contribution in [0.2, 0.25) is 0 Å². The van der Waals surface area contributed by atoms with Crippen molar-refractivity contribution in [2.45, 2.75) is 349 Å². The van der Waals surface area contributed by atoms with E-state index < -0.39 is 124 Å². The fourth-order valence-corrected chi connectivity index (χ4v) is 11.9. The van der Waals surface area contributed by atoms with Gasteiger partial charge in [-0.2, -0.15) is 0 Å². The molecule has 3 aliphatic heterocycles. The summed E-state index contributed by atoms with van der Waals surface area (Å²) in [7, 11) is 0. The zero-order valence-electron chi connectivity index (χ0n) is 57.0. The number of aliphatic hydroxyl groups excluding tert-OH is 11. The van der Waals surface area contributed by atoms with Crippen LogP contribution in [0.3, 0.4) is 0 Å². The molecule has 1 amide bonds. The van der Waals surface area contributed by atoms with Crippen molar-refractivity contribution in [1.82, 2.24) is 5.32 Å². The quantitative estimate of drug-likeness (QED) is 0.0199. The molecule has 0 bridgehead atoms. The molecule has 0 spiro atoms. The van der Waals surface area contributed by atoms with Crippen LogP contribution in [0.4, 0.5) is 0 Å². The topological polar surface area (TPSA) is 307 Å². The molecular formula is C74H129NO18. The summed E-state index contributed by atoms with van der Waals surface area (Å²) in [6, 6.07) is -0.905. The van der Waals surface area contributed by atoms with Crippen molar-refractivity contribution in [3.8, 4) is 0 Å². The molecule has 0 aromatic rings. The van der Waals surface area contributed by atoms with Crippen LogP contribution in [0, 0.1) is 0 Å². The number of unbranched alkanes of at least 4 members (excludes halogenated alkanes) is 25. The van der Waals surface area contributed by atoms with Crippen LogP contribution in [0.25, 0.3) is 0 Å². The first-order chi connectivity index (χ1) is 45.3. The van der Waals surface area contributed by atoms with Crippen molar-refractivity contribution in [2.75, 3.05) is 26.4 Å². The fourth-order valence-electron chi connectivity index (χ4n) is 11.9. The molecule has 17 atom stereocenters. The van der Waals surface area contributed by atoms with Crippen molar-refractivity contribution in [1.29, 1.82) is 0 Å². The van der Waals surface area contributed by atoms with E-state index in [1.807, 2.05) is 0 Å². The van der Waals surface area contributed by atoms with E-state index in [0.29, 0.717) is 12.8 Å². The molecule has 3 fully saturated rings. The third kappa shape index (κ3) is 36.4. The van der Waals surface area contributed by atoms with Gasteiger partial charge in [0.1, 0.15) is 73.2 Å². The molecule has 0 aliphatic carbocycles. The van der Waals surface area contributed by atoms with Gasteiger partial charge in [0.2, 0.25) is 5.91 Å². The van der Waals surface area contributed by atoms with E-state index in [-0.39, 0.29) is 18.9 Å². The van der Waals surface area contributed by atoms with Crippen LogP contribution < -0.4 is 5.32 Å². The van der Waals surface area contributed by atoms with Gasteiger partial charge in [0.25, 0.3) is 0 Å². The monoisotopic (exact) mass is 1320 g/mol. The first-order valence-corrected chi connectivity index (χ1v) is 36.3. The molecule has 3 saturated heterocycles. The van der Waals surface area contributed by atoms with Crippen LogP contribution in [-0.4, -0.2) is 193 Å². The summed E-state index contributed by atoms with van der Waals surface area (Å²) < 4.78 is 34.4. The number of nitrogens with one attached hydrogen (secondary N) is 1. The maximum Gasteiger partial charge on any atom is 0.220 e. The number of allylic oxidation sites excluding steroid dienone is 14. The van der Waals surface area contributed by atoms with Crippen molar-refractivity contribution in [3.05, 3.63) is 85.1 Å². The Morgan fingerprint density at radius 1 is 0.398 bits per heavy atom. The van der Waals surface area contributed by atoms with Gasteiger partial charge in [0.05, 0.1) is 38.6 Å². The SMILES string of the molecule is CC/C=C\C/C=C\C/C=C\C/C=C\C/C=C\C/C=C\C/C=C\CCCCCCCC(=O)NC(COC1OC(CO)C(OC2OC(CO)C(OC3OC(CO)C(O)C(O)C3O)C(O)C2O)C(O)C1O)C(O)CCCCCCCCCCCCCCCCCCCCCCC. The van der Waals surface area contributed by atoms with Crippen molar-refractivity contribution in [3.63, 3.8) is 0 Å². The van der Waals surface area contributed by atoms with Crippen LogP contribution in [0.15, 0.2) is 85.1 Å². The largest absolute Gasteiger partial charge is 0.394 e. The van der Waals surface area contributed by atoms with E-state index in [1.54, 1.807) is 0 Å². The number of carbonyl (C=O) groups excluding carboxylic acids is 1. The number of aliphatic hydroxyl groups is 11. The molecule has 0 radical (unpaired) electrons. The maximum absolute atomic E-state index is 13.4. The summed E-state index contributed by atoms with van der Waals surface area (Å²) in [6.45, 7) is 1.68. The van der Waals surface area contributed by atoms with Crippen LogP contribution in [0.1, 0.15) is 245 Å². The fraction of sp³-hybridized carbons (Fsp3) is 0.797. The zero-order chi connectivity index (χ0) is 67.5. The van der Waals surface area contributed by atoms with Crippen LogP contribution in [0.5, 0.6) is 0 Å². The number of hydrogen-bond acceptors (Lipinski definition) is 18. The van der Waals surface area contributed by atoms with Gasteiger partial charge >= 0.3 is 0 Å². The average molecular weight is 1320 g/mol. The van der Waals surface area contributed by atoms with Gasteiger partial charge in [-0.3, -0.25) is 4.79 Å². The molecule has 3 aliphatic rings. The van der Waals surface area contributed by atoms with Gasteiger partial charge in [-0.15, -0.1) is 0 Å². The maximum atomic E-state index is 13.4. The highest BCUT2D eigenvalue weighted by atomic mass is 16.8. The van der Waals surface area contributed by atoms with Crippen LogP contribution in [-0.2, 0) is 33.2 Å². The van der Waals surface area contributed by atoms with Gasteiger partial charge in [0, 0.05) is 6.42 Å².